The van der Waals surface area contributed by atoms with Crippen molar-refractivity contribution < 1.29 is 37.9 Å². The van der Waals surface area contributed by atoms with Crippen molar-refractivity contribution in [3.8, 4) is 0 Å². The molecule has 0 aliphatic rings. The molecule has 0 bridgehead atoms. The van der Waals surface area contributed by atoms with Gasteiger partial charge in [-0.05, 0) is 51.4 Å². The summed E-state index contributed by atoms with van der Waals surface area (Å²) < 4.78 is 27.0. The Hall–Kier alpha value is -1.77. The summed E-state index contributed by atoms with van der Waals surface area (Å²) in [5.74, 6) is -0.512. The lowest BCUT2D eigenvalue weighted by molar-refractivity contribution is -0.147. The fraction of sp³-hybridized carbons (Fsp3) is 0.843. The van der Waals surface area contributed by atoms with Crippen LogP contribution in [0.3, 0.4) is 0 Å². The van der Waals surface area contributed by atoms with Crippen molar-refractivity contribution in [2.45, 2.75) is 251 Å². The maximum Gasteiger partial charge on any atom is 0.472 e. The number of allylic oxidation sites excluding steroid dienone is 6. The third-order valence-corrected chi connectivity index (χ3v) is 12.1. The first kappa shape index (κ1) is 59.2. The number of phosphoric ester groups is 1. The van der Waals surface area contributed by atoms with Gasteiger partial charge in [0.15, 0.2) is 0 Å². The largest absolute Gasteiger partial charge is 0.472 e. The number of hydrogen-bond acceptors (Lipinski definition) is 7. The molecule has 0 heterocycles. The van der Waals surface area contributed by atoms with Crippen molar-refractivity contribution in [3.05, 3.63) is 36.5 Å². The number of hydrogen-bond donors (Lipinski definition) is 3. The van der Waals surface area contributed by atoms with Gasteiger partial charge in [0.05, 0.1) is 13.2 Å². The molecule has 0 spiro atoms. The highest BCUT2D eigenvalue weighted by Crippen LogP contribution is 2.42. The van der Waals surface area contributed by atoms with Crippen LogP contribution in [-0.2, 0) is 27.9 Å². The van der Waals surface area contributed by atoms with Crippen LogP contribution in [0.5, 0.6) is 0 Å². The van der Waals surface area contributed by atoms with Gasteiger partial charge < -0.3 is 20.1 Å². The Balaban J connectivity index is 3.55. The summed E-state index contributed by atoms with van der Waals surface area (Å²) in [6, 6.07) is 0. The SMILES string of the molecule is CCCCC/C=C\C/C=C\C/C=C\CCCCCCCCCCCCC(=O)OCC(O)COP(=O)(O)OCCNC(=O)CCCCCCCCCCCCCCCCCCC. The van der Waals surface area contributed by atoms with E-state index >= 15 is 0 Å². The normalized spacial score (nSPS) is 13.4. The molecule has 0 aromatic carbocycles. The minimum absolute atomic E-state index is 0.0844. The molecule has 0 saturated heterocycles. The first-order valence-electron chi connectivity index (χ1n) is 25.5. The summed E-state index contributed by atoms with van der Waals surface area (Å²) in [5.41, 5.74) is 0. The molecular formula is C51H96NO8P. The number of amides is 1. The average Bonchev–Trinajstić information content (AvgIpc) is 3.25. The van der Waals surface area contributed by atoms with Crippen LogP contribution < -0.4 is 5.32 Å². The third kappa shape index (κ3) is 49.1. The van der Waals surface area contributed by atoms with Crippen LogP contribution in [0.15, 0.2) is 36.5 Å². The van der Waals surface area contributed by atoms with Crippen LogP contribution in [0.4, 0.5) is 0 Å². The number of esters is 1. The van der Waals surface area contributed by atoms with Crippen molar-refractivity contribution in [2.75, 3.05) is 26.4 Å². The zero-order valence-electron chi connectivity index (χ0n) is 39.6. The number of unbranched alkanes of at least 4 members (excludes halogenated alkanes) is 29. The van der Waals surface area contributed by atoms with Crippen LogP contribution in [-0.4, -0.2) is 54.3 Å². The van der Waals surface area contributed by atoms with Crippen molar-refractivity contribution in [1.29, 1.82) is 0 Å². The Labute approximate surface area is 375 Å². The number of carbonyl (C=O) groups excluding carboxylic acids is 2. The molecule has 358 valence electrons. The molecule has 0 rings (SSSR count). The number of aliphatic hydroxyl groups excluding tert-OH is 1. The molecule has 2 atom stereocenters. The fourth-order valence-corrected chi connectivity index (χ4v) is 7.97. The smallest absolute Gasteiger partial charge is 0.463 e. The second-order valence-corrected chi connectivity index (χ2v) is 18.6. The first-order chi connectivity index (χ1) is 29.8. The van der Waals surface area contributed by atoms with E-state index in [0.29, 0.717) is 6.42 Å². The summed E-state index contributed by atoms with van der Waals surface area (Å²) in [6.45, 7) is 3.56. The predicted molar refractivity (Wildman–Crippen MR) is 257 cm³/mol. The summed E-state index contributed by atoms with van der Waals surface area (Å²) in [7, 11) is -4.42. The van der Waals surface area contributed by atoms with Crippen molar-refractivity contribution in [1.82, 2.24) is 5.32 Å². The van der Waals surface area contributed by atoms with Crippen LogP contribution in [0.1, 0.15) is 245 Å². The van der Waals surface area contributed by atoms with E-state index in [-0.39, 0.29) is 32.1 Å². The van der Waals surface area contributed by atoms with Crippen LogP contribution >= 0.6 is 7.82 Å². The molecule has 0 aromatic rings. The predicted octanol–water partition coefficient (Wildman–Crippen LogP) is 14.9. The van der Waals surface area contributed by atoms with Gasteiger partial charge in [-0.1, -0.05) is 217 Å². The maximum atomic E-state index is 12.1. The van der Waals surface area contributed by atoms with Gasteiger partial charge >= 0.3 is 13.8 Å². The topological polar surface area (TPSA) is 131 Å². The maximum absolute atomic E-state index is 12.1. The number of nitrogens with one attached hydrogen (secondary N) is 1. The third-order valence-electron chi connectivity index (χ3n) is 11.1. The minimum Gasteiger partial charge on any atom is -0.463 e. The van der Waals surface area contributed by atoms with E-state index in [1.54, 1.807) is 0 Å². The molecule has 3 N–H and O–H groups in total. The van der Waals surface area contributed by atoms with Gasteiger partial charge in [0.1, 0.15) is 12.7 Å². The Morgan fingerprint density at radius 1 is 0.508 bits per heavy atom. The Morgan fingerprint density at radius 2 is 0.885 bits per heavy atom. The second kappa shape index (κ2) is 47.7. The van der Waals surface area contributed by atoms with Crippen molar-refractivity contribution >= 4 is 19.7 Å². The Bertz CT molecular complexity index is 1100. The van der Waals surface area contributed by atoms with Gasteiger partial charge in [0.2, 0.25) is 5.91 Å². The minimum atomic E-state index is -4.42. The van der Waals surface area contributed by atoms with E-state index in [9.17, 15) is 24.2 Å². The monoisotopic (exact) mass is 882 g/mol. The van der Waals surface area contributed by atoms with E-state index < -0.39 is 26.5 Å². The van der Waals surface area contributed by atoms with Crippen molar-refractivity contribution in [2.24, 2.45) is 0 Å². The molecule has 2 unspecified atom stereocenters. The first-order valence-corrected chi connectivity index (χ1v) is 27.0. The molecular weight excluding hydrogens is 786 g/mol. The van der Waals surface area contributed by atoms with Gasteiger partial charge in [0.25, 0.3) is 0 Å². The van der Waals surface area contributed by atoms with Gasteiger partial charge in [-0.25, -0.2) is 4.57 Å². The summed E-state index contributed by atoms with van der Waals surface area (Å²) in [5, 5.41) is 12.8. The Kier molecular flexibility index (Phi) is 46.3. The van der Waals surface area contributed by atoms with Gasteiger partial charge in [0, 0.05) is 19.4 Å². The quantitative estimate of drug-likeness (QED) is 0.0238. The molecule has 0 aliphatic heterocycles. The summed E-state index contributed by atoms with van der Waals surface area (Å²) >= 11 is 0. The zero-order valence-corrected chi connectivity index (χ0v) is 40.5. The van der Waals surface area contributed by atoms with E-state index in [2.05, 4.69) is 55.6 Å². The molecule has 0 saturated carbocycles. The molecule has 9 nitrogen and oxygen atoms in total. The molecule has 10 heteroatoms. The van der Waals surface area contributed by atoms with E-state index in [4.69, 9.17) is 13.8 Å². The fourth-order valence-electron chi connectivity index (χ4n) is 7.21. The standard InChI is InChI=1S/C51H96NO8P/c1-3-5-7-9-11-13-15-17-19-21-22-23-24-25-26-28-30-32-34-36-38-40-42-44-51(55)58-47-49(53)48-60-61(56,57)59-46-45-52-50(54)43-41-39-37-35-33-31-29-27-20-18-16-14-12-10-8-6-4-2/h11,13,17,19,22-23,49,53H,3-10,12,14-16,18,20-21,24-48H2,1-2H3,(H,52,54)(H,56,57)/b13-11-,19-17-,23-22-. The molecule has 61 heavy (non-hydrogen) atoms. The van der Waals surface area contributed by atoms with E-state index in [1.807, 2.05) is 0 Å². The van der Waals surface area contributed by atoms with Gasteiger partial charge in [-0.2, -0.15) is 0 Å². The molecule has 0 fully saturated rings. The Morgan fingerprint density at radius 3 is 1.36 bits per heavy atom. The highest BCUT2D eigenvalue weighted by atomic mass is 31.2. The molecule has 1 amide bonds. The number of carbonyl (C=O) groups is 2. The lowest BCUT2D eigenvalue weighted by Gasteiger charge is -2.15. The summed E-state index contributed by atoms with van der Waals surface area (Å²) in [4.78, 5) is 34.1. The number of ether oxygens (including phenoxy) is 1. The lowest BCUT2D eigenvalue weighted by Crippen LogP contribution is -2.27. The molecule has 0 aliphatic carbocycles. The summed E-state index contributed by atoms with van der Waals surface area (Å²) in [6.07, 6.45) is 55.1. The van der Waals surface area contributed by atoms with E-state index in [0.717, 1.165) is 51.4 Å². The van der Waals surface area contributed by atoms with Crippen LogP contribution in [0, 0.1) is 0 Å². The number of rotatable bonds is 48. The van der Waals surface area contributed by atoms with Crippen molar-refractivity contribution in [3.63, 3.8) is 0 Å². The highest BCUT2D eigenvalue weighted by Gasteiger charge is 2.23. The van der Waals surface area contributed by atoms with Crippen LogP contribution in [0.2, 0.25) is 0 Å². The van der Waals surface area contributed by atoms with Crippen LogP contribution in [0.25, 0.3) is 0 Å². The molecule has 0 aromatic heterocycles. The van der Waals surface area contributed by atoms with E-state index in [1.165, 1.54) is 167 Å². The highest BCUT2D eigenvalue weighted by molar-refractivity contribution is 7.47. The number of phosphoric acid groups is 1. The average molecular weight is 882 g/mol. The lowest BCUT2D eigenvalue weighted by atomic mass is 10.0. The number of aliphatic hydroxyl groups is 1. The zero-order chi connectivity index (χ0) is 44.6. The van der Waals surface area contributed by atoms with Gasteiger partial charge in [-0.15, -0.1) is 0 Å². The molecule has 0 radical (unpaired) electrons. The second-order valence-electron chi connectivity index (χ2n) is 17.1. The van der Waals surface area contributed by atoms with Gasteiger partial charge in [-0.3, -0.25) is 18.6 Å².